The van der Waals surface area contributed by atoms with Gasteiger partial charge in [0.25, 0.3) is 0 Å². The van der Waals surface area contributed by atoms with Gasteiger partial charge in [-0.25, -0.2) is 0 Å². The highest BCUT2D eigenvalue weighted by Gasteiger charge is 2.37. The van der Waals surface area contributed by atoms with Gasteiger partial charge in [-0.15, -0.1) is 0 Å². The zero-order chi connectivity index (χ0) is 12.4. The molecule has 0 aromatic rings. The Hall–Kier alpha value is -0.360. The monoisotopic (exact) mass is 230 g/mol. The molecule has 0 N–H and O–H groups in total. The van der Waals surface area contributed by atoms with Gasteiger partial charge in [0.1, 0.15) is 5.50 Å². The average Bonchev–Trinajstić information content (AvgIpc) is 1.74. The molecule has 0 saturated carbocycles. The van der Waals surface area contributed by atoms with Crippen molar-refractivity contribution in [1.29, 1.82) is 0 Å². The van der Waals surface area contributed by atoms with Crippen molar-refractivity contribution in [3.8, 4) is 0 Å². The maximum Gasteiger partial charge on any atom is 0.308 e. The second-order valence-electron chi connectivity index (χ2n) is 5.66. The molecule has 0 fully saturated rings. The third-order valence-electron chi connectivity index (χ3n) is 1.85. The van der Waals surface area contributed by atoms with E-state index in [-0.39, 0.29) is 16.3 Å². The first-order valence-corrected chi connectivity index (χ1v) is 6.48. The molecule has 15 heavy (non-hydrogen) atoms. The third-order valence-corrected chi connectivity index (χ3v) is 5.13. The highest BCUT2D eigenvalue weighted by atomic mass is 31.1. The zero-order valence-electron chi connectivity index (χ0n) is 11.0. The van der Waals surface area contributed by atoms with E-state index in [0.29, 0.717) is 5.50 Å². The molecule has 0 heterocycles. The molecule has 0 radical (unpaired) electrons. The minimum atomic E-state index is -0.574. The minimum absolute atomic E-state index is 0.0973. The Morgan fingerprint density at radius 1 is 1.07 bits per heavy atom. The summed E-state index contributed by atoms with van der Waals surface area (Å²) in [5.41, 5.74) is 0.637. The molecule has 0 amide bonds. The van der Waals surface area contributed by atoms with Crippen molar-refractivity contribution >= 4 is 13.9 Å². The molecule has 3 heteroatoms. The summed E-state index contributed by atoms with van der Waals surface area (Å²) in [6.45, 7) is 18.3. The molecular weight excluding hydrogens is 207 g/mol. The quantitative estimate of drug-likeness (QED) is 0.405. The first kappa shape index (κ1) is 14.6. The number of ether oxygens (including phenoxy) is 1. The highest BCUT2D eigenvalue weighted by Crippen LogP contribution is 2.64. The zero-order valence-corrected chi connectivity index (χ0v) is 11.9. The summed E-state index contributed by atoms with van der Waals surface area (Å²) in [4.78, 5) is 10.9. The summed E-state index contributed by atoms with van der Waals surface area (Å²) >= 11 is 0. The molecule has 0 aliphatic carbocycles. The number of rotatable bonds is 2. The highest BCUT2D eigenvalue weighted by molar-refractivity contribution is 7.64. The fraction of sp³-hybridized carbons (Fsp3) is 0.750. The molecule has 0 aliphatic heterocycles. The molecule has 0 aromatic heterocycles. The molecule has 2 nitrogen and oxygen atoms in total. The van der Waals surface area contributed by atoms with E-state index in [1.165, 1.54) is 6.92 Å². The van der Waals surface area contributed by atoms with Gasteiger partial charge < -0.3 is 4.74 Å². The van der Waals surface area contributed by atoms with Crippen LogP contribution in [0.1, 0.15) is 48.5 Å². The Bertz CT molecular complexity index is 242. The van der Waals surface area contributed by atoms with Gasteiger partial charge in [-0.1, -0.05) is 48.1 Å². The Morgan fingerprint density at radius 2 is 1.40 bits per heavy atom. The van der Waals surface area contributed by atoms with Gasteiger partial charge in [0.15, 0.2) is 0 Å². The van der Waals surface area contributed by atoms with Crippen LogP contribution in [0.15, 0.2) is 12.1 Å². The van der Waals surface area contributed by atoms with Gasteiger partial charge in [-0.05, 0) is 18.2 Å². The molecule has 0 saturated heterocycles. The van der Waals surface area contributed by atoms with Crippen molar-refractivity contribution in [3.05, 3.63) is 12.1 Å². The molecule has 0 atom stereocenters. The van der Waals surface area contributed by atoms with E-state index in [9.17, 15) is 4.79 Å². The molecule has 0 bridgehead atoms. The lowest BCUT2D eigenvalue weighted by atomic mass is 10.2. The number of carbonyl (C=O) groups is 1. The smallest absolute Gasteiger partial charge is 0.308 e. The van der Waals surface area contributed by atoms with Crippen LogP contribution in [0.3, 0.4) is 0 Å². The Balaban J connectivity index is 4.98. The summed E-state index contributed by atoms with van der Waals surface area (Å²) in [7, 11) is -0.574. The predicted octanol–water partition coefficient (Wildman–Crippen LogP) is 4.10. The Labute approximate surface area is 94.8 Å². The van der Waals surface area contributed by atoms with Gasteiger partial charge in [-0.3, -0.25) is 4.79 Å². The van der Waals surface area contributed by atoms with Crippen molar-refractivity contribution in [3.63, 3.8) is 0 Å². The second kappa shape index (κ2) is 4.65. The largest absolute Gasteiger partial charge is 0.427 e. The minimum Gasteiger partial charge on any atom is -0.427 e. The lowest BCUT2D eigenvalue weighted by Gasteiger charge is -2.41. The summed E-state index contributed by atoms with van der Waals surface area (Å²) < 4.78 is 5.16. The van der Waals surface area contributed by atoms with Gasteiger partial charge in [0, 0.05) is 6.92 Å². The molecule has 0 aromatic carbocycles. The summed E-state index contributed by atoms with van der Waals surface area (Å²) in [5.74, 6) is -0.277. The third kappa shape index (κ3) is 4.79. The van der Waals surface area contributed by atoms with Crippen LogP contribution in [0.4, 0.5) is 0 Å². The lowest BCUT2D eigenvalue weighted by Crippen LogP contribution is -2.26. The fourth-order valence-electron chi connectivity index (χ4n) is 1.97. The van der Waals surface area contributed by atoms with Crippen LogP contribution in [0.25, 0.3) is 0 Å². The number of esters is 1. The van der Waals surface area contributed by atoms with Crippen LogP contribution >= 0.6 is 7.92 Å². The van der Waals surface area contributed by atoms with Crippen LogP contribution in [-0.4, -0.2) is 16.3 Å². The fourth-order valence-corrected chi connectivity index (χ4v) is 5.69. The first-order valence-electron chi connectivity index (χ1n) is 5.14. The van der Waals surface area contributed by atoms with E-state index in [4.69, 9.17) is 4.74 Å². The predicted molar refractivity (Wildman–Crippen MR) is 67.3 cm³/mol. The Morgan fingerprint density at radius 3 is 1.60 bits per heavy atom. The van der Waals surface area contributed by atoms with Gasteiger partial charge in [-0.2, -0.15) is 0 Å². The second-order valence-corrected chi connectivity index (χ2v) is 9.52. The van der Waals surface area contributed by atoms with Crippen molar-refractivity contribution in [2.45, 2.75) is 58.8 Å². The standard InChI is InChI=1S/C12H23O2P/c1-9(13)14-10(2)15(11(3,4)5)12(6,7)8/h2H2,1,3-8H3. The van der Waals surface area contributed by atoms with E-state index in [1.54, 1.807) is 0 Å². The Kier molecular flexibility index (Phi) is 4.54. The number of carbonyl (C=O) groups excluding carboxylic acids is 1. The van der Waals surface area contributed by atoms with E-state index in [2.05, 4.69) is 48.1 Å². The average molecular weight is 230 g/mol. The van der Waals surface area contributed by atoms with Crippen molar-refractivity contribution in [1.82, 2.24) is 0 Å². The topological polar surface area (TPSA) is 26.3 Å². The summed E-state index contributed by atoms with van der Waals surface area (Å²) in [6.07, 6.45) is 0. The van der Waals surface area contributed by atoms with Crippen LogP contribution in [0.5, 0.6) is 0 Å². The van der Waals surface area contributed by atoms with Crippen molar-refractivity contribution < 1.29 is 9.53 Å². The van der Waals surface area contributed by atoms with E-state index in [0.717, 1.165) is 0 Å². The van der Waals surface area contributed by atoms with Crippen LogP contribution in [0, 0.1) is 0 Å². The lowest BCUT2D eigenvalue weighted by molar-refractivity contribution is -0.135. The first-order chi connectivity index (χ1) is 6.46. The number of hydrogen-bond acceptors (Lipinski definition) is 2. The maximum absolute atomic E-state index is 10.9. The van der Waals surface area contributed by atoms with E-state index in [1.807, 2.05) is 0 Å². The molecule has 0 aliphatic rings. The van der Waals surface area contributed by atoms with Gasteiger partial charge >= 0.3 is 5.97 Å². The van der Waals surface area contributed by atoms with Crippen LogP contribution in [0.2, 0.25) is 0 Å². The molecule has 88 valence electrons. The number of hydrogen-bond donors (Lipinski definition) is 0. The molecule has 0 rings (SSSR count). The summed E-state index contributed by atoms with van der Waals surface area (Å²) in [5, 5.41) is 0.195. The maximum atomic E-state index is 10.9. The summed E-state index contributed by atoms with van der Waals surface area (Å²) in [6, 6.07) is 0. The molecule has 0 unspecified atom stereocenters. The SMILES string of the molecule is C=C(OC(C)=O)P(C(C)(C)C)C(C)(C)C. The van der Waals surface area contributed by atoms with Gasteiger partial charge in [0.05, 0.1) is 0 Å². The van der Waals surface area contributed by atoms with Gasteiger partial charge in [0.2, 0.25) is 0 Å². The van der Waals surface area contributed by atoms with Crippen molar-refractivity contribution in [2.75, 3.05) is 0 Å². The van der Waals surface area contributed by atoms with Crippen molar-refractivity contribution in [2.24, 2.45) is 0 Å². The van der Waals surface area contributed by atoms with E-state index >= 15 is 0 Å². The van der Waals surface area contributed by atoms with Crippen LogP contribution in [-0.2, 0) is 9.53 Å². The van der Waals surface area contributed by atoms with Crippen LogP contribution < -0.4 is 0 Å². The normalized spacial score (nSPS) is 12.8. The molecule has 0 spiro atoms. The van der Waals surface area contributed by atoms with E-state index < -0.39 is 7.92 Å². The molecular formula is C12H23O2P.